The zero-order valence-corrected chi connectivity index (χ0v) is 17.8. The van der Waals surface area contributed by atoms with Crippen LogP contribution in [-0.4, -0.2) is 27.3 Å². The van der Waals surface area contributed by atoms with E-state index in [2.05, 4.69) is 56.7 Å². The summed E-state index contributed by atoms with van der Waals surface area (Å²) >= 11 is 5.24. The van der Waals surface area contributed by atoms with Gasteiger partial charge in [-0.05, 0) is 61.7 Å². The fraction of sp³-hybridized carbons (Fsp3) is 0.588. The summed E-state index contributed by atoms with van der Waals surface area (Å²) in [4.78, 5) is 13.0. The molecule has 2 aromatic rings. The van der Waals surface area contributed by atoms with Crippen LogP contribution in [0.1, 0.15) is 62.5 Å². The Bertz CT molecular complexity index is 740. The molecule has 1 fully saturated rings. The molecule has 5 nitrogen and oxygen atoms in total. The maximum atomic E-state index is 11.8. The lowest BCUT2D eigenvalue weighted by molar-refractivity contribution is -0.143. The number of aromatic nitrogens is 3. The minimum atomic E-state index is -0.258. The van der Waals surface area contributed by atoms with Crippen molar-refractivity contribution in [2.45, 2.75) is 57.9 Å². The fourth-order valence-electron chi connectivity index (χ4n) is 2.84. The molecule has 0 amide bonds. The van der Waals surface area contributed by atoms with Gasteiger partial charge >= 0.3 is 5.97 Å². The molecule has 0 unspecified atom stereocenters. The van der Waals surface area contributed by atoms with Gasteiger partial charge in [0.15, 0.2) is 0 Å². The molecule has 0 bridgehead atoms. The molecule has 2 aromatic heterocycles. The van der Waals surface area contributed by atoms with Crippen molar-refractivity contribution in [2.75, 3.05) is 6.61 Å². The number of nitrogens with zero attached hydrogens (tertiary/aromatic N) is 3. The lowest BCUT2D eigenvalue weighted by atomic mass is 9.90. The average molecular weight is 449 g/mol. The zero-order valence-electron chi connectivity index (χ0n) is 14.6. The Morgan fingerprint density at radius 2 is 2.12 bits per heavy atom. The van der Waals surface area contributed by atoms with Gasteiger partial charge in [0.1, 0.15) is 11.6 Å². The van der Waals surface area contributed by atoms with Crippen LogP contribution >= 0.6 is 39.7 Å². The highest BCUT2D eigenvalue weighted by Gasteiger charge is 2.36. The molecule has 0 spiro atoms. The average Bonchev–Trinajstić information content (AvgIpc) is 3.12. The number of esters is 1. The van der Waals surface area contributed by atoms with Crippen molar-refractivity contribution >= 4 is 45.6 Å². The minimum absolute atomic E-state index is 0. The SMILES string of the molecule is CCOC(=O)CCn1c(C2CC2)nnc1C(C)(C)c1ccc(Br)s1.Cl. The van der Waals surface area contributed by atoms with Crippen molar-refractivity contribution in [2.24, 2.45) is 0 Å². The Kier molecular flexibility index (Phi) is 6.68. The monoisotopic (exact) mass is 447 g/mol. The molecule has 0 aliphatic heterocycles. The summed E-state index contributed by atoms with van der Waals surface area (Å²) in [6, 6.07) is 4.18. The van der Waals surface area contributed by atoms with E-state index in [1.165, 1.54) is 4.88 Å². The molecule has 1 aliphatic carbocycles. The quantitative estimate of drug-likeness (QED) is 0.577. The van der Waals surface area contributed by atoms with Crippen LogP contribution in [0.2, 0.25) is 0 Å². The molecular weight excluding hydrogens is 426 g/mol. The van der Waals surface area contributed by atoms with Crippen molar-refractivity contribution in [3.05, 3.63) is 32.4 Å². The van der Waals surface area contributed by atoms with Crippen LogP contribution in [0, 0.1) is 0 Å². The largest absolute Gasteiger partial charge is 0.466 e. The molecule has 1 saturated carbocycles. The van der Waals surface area contributed by atoms with Gasteiger partial charge in [-0.3, -0.25) is 4.79 Å². The highest BCUT2D eigenvalue weighted by molar-refractivity contribution is 9.11. The molecule has 25 heavy (non-hydrogen) atoms. The van der Waals surface area contributed by atoms with Gasteiger partial charge in [-0.1, -0.05) is 0 Å². The van der Waals surface area contributed by atoms with Crippen LogP contribution in [0.25, 0.3) is 0 Å². The lowest BCUT2D eigenvalue weighted by Gasteiger charge is -2.23. The maximum Gasteiger partial charge on any atom is 0.307 e. The first kappa shape index (κ1) is 20.4. The predicted octanol–water partition coefficient (Wildman–Crippen LogP) is 4.68. The van der Waals surface area contributed by atoms with Gasteiger partial charge in [-0.2, -0.15) is 0 Å². The minimum Gasteiger partial charge on any atom is -0.466 e. The molecule has 0 saturated heterocycles. The number of hydrogen-bond acceptors (Lipinski definition) is 5. The zero-order chi connectivity index (χ0) is 17.3. The number of carbonyl (C=O) groups excluding carboxylic acids is 1. The van der Waals surface area contributed by atoms with E-state index in [-0.39, 0.29) is 23.8 Å². The standard InChI is InChI=1S/C17H22BrN3O2S.ClH/c1-4-23-14(22)9-10-21-15(11-5-6-11)19-20-16(21)17(2,3)12-7-8-13(18)24-12;/h7-8,11H,4-6,9-10H2,1-3H3;1H. The first-order valence-corrected chi connectivity index (χ1v) is 9.89. The molecular formula is C17H23BrClN3O2S. The van der Waals surface area contributed by atoms with Crippen molar-refractivity contribution in [3.63, 3.8) is 0 Å². The number of carbonyl (C=O) groups is 1. The first-order valence-electron chi connectivity index (χ1n) is 8.28. The second kappa shape index (κ2) is 8.18. The summed E-state index contributed by atoms with van der Waals surface area (Å²) in [7, 11) is 0. The van der Waals surface area contributed by atoms with E-state index >= 15 is 0 Å². The Labute approximate surface area is 166 Å². The summed E-state index contributed by atoms with van der Waals surface area (Å²) < 4.78 is 8.32. The maximum absolute atomic E-state index is 11.8. The van der Waals surface area contributed by atoms with E-state index in [4.69, 9.17) is 4.74 Å². The van der Waals surface area contributed by atoms with Crippen molar-refractivity contribution in [3.8, 4) is 0 Å². The second-order valence-corrected chi connectivity index (χ2v) is 9.05. The number of halogens is 2. The number of rotatable bonds is 7. The van der Waals surface area contributed by atoms with E-state index in [9.17, 15) is 4.79 Å². The van der Waals surface area contributed by atoms with E-state index in [0.29, 0.717) is 25.5 Å². The third kappa shape index (κ3) is 4.44. The Morgan fingerprint density at radius 3 is 2.68 bits per heavy atom. The van der Waals surface area contributed by atoms with E-state index in [1.54, 1.807) is 11.3 Å². The van der Waals surface area contributed by atoms with Crippen LogP contribution in [-0.2, 0) is 21.5 Å². The van der Waals surface area contributed by atoms with Crippen molar-refractivity contribution in [1.82, 2.24) is 14.8 Å². The highest BCUT2D eigenvalue weighted by atomic mass is 79.9. The number of ether oxygens (including phenoxy) is 1. The smallest absolute Gasteiger partial charge is 0.307 e. The summed E-state index contributed by atoms with van der Waals surface area (Å²) in [6.07, 6.45) is 2.66. The molecule has 8 heteroatoms. The van der Waals surface area contributed by atoms with E-state index in [0.717, 1.165) is 28.3 Å². The fourth-order valence-corrected chi connectivity index (χ4v) is 4.32. The summed E-state index contributed by atoms with van der Waals surface area (Å²) in [5.41, 5.74) is -0.258. The van der Waals surface area contributed by atoms with Gasteiger partial charge in [0.2, 0.25) is 0 Å². The molecule has 1 aliphatic rings. The van der Waals surface area contributed by atoms with E-state index in [1.807, 2.05) is 6.92 Å². The molecule has 3 rings (SSSR count). The van der Waals surface area contributed by atoms with Gasteiger partial charge in [0.25, 0.3) is 0 Å². The molecule has 0 N–H and O–H groups in total. The molecule has 2 heterocycles. The summed E-state index contributed by atoms with van der Waals surface area (Å²) in [6.45, 7) is 7.14. The van der Waals surface area contributed by atoms with Crippen LogP contribution in [0.5, 0.6) is 0 Å². The predicted molar refractivity (Wildman–Crippen MR) is 105 cm³/mol. The molecule has 0 atom stereocenters. The van der Waals surface area contributed by atoms with Gasteiger partial charge < -0.3 is 9.30 Å². The number of thiophene rings is 1. The Balaban J connectivity index is 0.00000225. The number of hydrogen-bond donors (Lipinski definition) is 0. The van der Waals surface area contributed by atoms with Gasteiger partial charge in [0, 0.05) is 17.3 Å². The van der Waals surface area contributed by atoms with Crippen LogP contribution in [0.4, 0.5) is 0 Å². The van der Waals surface area contributed by atoms with Crippen LogP contribution in [0.3, 0.4) is 0 Å². The van der Waals surface area contributed by atoms with E-state index < -0.39 is 0 Å². The van der Waals surface area contributed by atoms with Crippen molar-refractivity contribution < 1.29 is 9.53 Å². The van der Waals surface area contributed by atoms with Crippen LogP contribution in [0.15, 0.2) is 15.9 Å². The normalized spacial score (nSPS) is 14.2. The highest BCUT2D eigenvalue weighted by Crippen LogP contribution is 2.42. The van der Waals surface area contributed by atoms with Crippen LogP contribution < -0.4 is 0 Å². The summed E-state index contributed by atoms with van der Waals surface area (Å²) in [5, 5.41) is 8.97. The third-order valence-electron chi connectivity index (χ3n) is 4.31. The Hall–Kier alpha value is -0.920. The molecule has 138 valence electrons. The molecule has 0 aromatic carbocycles. The second-order valence-electron chi connectivity index (χ2n) is 6.59. The van der Waals surface area contributed by atoms with Crippen molar-refractivity contribution in [1.29, 1.82) is 0 Å². The lowest BCUT2D eigenvalue weighted by Crippen LogP contribution is -2.25. The summed E-state index contributed by atoms with van der Waals surface area (Å²) in [5.74, 6) is 2.25. The van der Waals surface area contributed by atoms with Gasteiger partial charge in [-0.25, -0.2) is 0 Å². The molecule has 0 radical (unpaired) electrons. The topological polar surface area (TPSA) is 57.0 Å². The first-order chi connectivity index (χ1) is 11.4. The van der Waals surface area contributed by atoms with Gasteiger partial charge in [-0.15, -0.1) is 33.9 Å². The Morgan fingerprint density at radius 1 is 1.40 bits per heavy atom. The van der Waals surface area contributed by atoms with Gasteiger partial charge in [0.05, 0.1) is 22.2 Å². The third-order valence-corrected chi connectivity index (χ3v) is 6.26.